The van der Waals surface area contributed by atoms with Gasteiger partial charge in [0.25, 0.3) is 0 Å². The van der Waals surface area contributed by atoms with Gasteiger partial charge in [-0.2, -0.15) is 0 Å². The molecule has 15 heavy (non-hydrogen) atoms. The summed E-state index contributed by atoms with van der Waals surface area (Å²) in [5, 5.41) is 12.0. The predicted octanol–water partition coefficient (Wildman–Crippen LogP) is 1.77. The summed E-state index contributed by atoms with van der Waals surface area (Å²) in [6.07, 6.45) is 0. The summed E-state index contributed by atoms with van der Waals surface area (Å²) in [4.78, 5) is 11.8. The normalized spacial score (nSPS) is 14.9. The summed E-state index contributed by atoms with van der Waals surface area (Å²) < 4.78 is 0. The predicted molar refractivity (Wildman–Crippen MR) is 63.0 cm³/mol. The van der Waals surface area contributed by atoms with E-state index in [4.69, 9.17) is 11.6 Å². The van der Waals surface area contributed by atoms with Gasteiger partial charge in [0.2, 0.25) is 5.91 Å². The molecule has 90 valence electrons. The summed E-state index contributed by atoms with van der Waals surface area (Å²) in [5.74, 6) is 0.146. The summed E-state index contributed by atoms with van der Waals surface area (Å²) in [6.45, 7) is 9.43. The molecule has 0 aromatic heterocycles. The first-order valence-electron chi connectivity index (χ1n) is 5.13. The van der Waals surface area contributed by atoms with Crippen molar-refractivity contribution in [2.45, 2.75) is 40.7 Å². The maximum absolute atomic E-state index is 11.8. The second kappa shape index (κ2) is 5.17. The fraction of sp³-hybridized carbons (Fsp3) is 0.909. The number of aliphatic hydroxyl groups is 1. The van der Waals surface area contributed by atoms with Gasteiger partial charge in [-0.1, -0.05) is 20.8 Å². The van der Waals surface area contributed by atoms with Gasteiger partial charge in [0.15, 0.2) is 0 Å². The highest BCUT2D eigenvalue weighted by atomic mass is 35.5. The van der Waals surface area contributed by atoms with E-state index in [1.54, 1.807) is 13.8 Å². The molecule has 0 saturated carbocycles. The maximum Gasteiger partial charge on any atom is 0.227 e. The van der Waals surface area contributed by atoms with Gasteiger partial charge in [-0.05, 0) is 19.3 Å². The van der Waals surface area contributed by atoms with Crippen LogP contribution >= 0.6 is 11.6 Å². The average Bonchev–Trinajstić information content (AvgIpc) is 2.11. The fourth-order valence-electron chi connectivity index (χ4n) is 0.950. The molecule has 0 spiro atoms. The van der Waals surface area contributed by atoms with Crippen molar-refractivity contribution in [1.29, 1.82) is 0 Å². The fourth-order valence-corrected chi connectivity index (χ4v) is 1.07. The number of carbonyl (C=O) groups excluding carboxylic acids is 1. The van der Waals surface area contributed by atoms with Crippen LogP contribution in [0.1, 0.15) is 34.6 Å². The van der Waals surface area contributed by atoms with Crippen LogP contribution in [0.2, 0.25) is 0 Å². The molecule has 2 N–H and O–H groups in total. The lowest BCUT2D eigenvalue weighted by Crippen LogP contribution is -2.50. The largest absolute Gasteiger partial charge is 0.394 e. The van der Waals surface area contributed by atoms with E-state index < -0.39 is 5.41 Å². The molecule has 0 bridgehead atoms. The van der Waals surface area contributed by atoms with Crippen molar-refractivity contribution in [3.05, 3.63) is 0 Å². The first-order chi connectivity index (χ1) is 6.65. The molecule has 0 saturated heterocycles. The number of amides is 1. The molecule has 0 radical (unpaired) electrons. The molecular formula is C11H22ClNO2. The Morgan fingerprint density at radius 2 is 1.80 bits per heavy atom. The molecule has 0 rings (SSSR count). The summed E-state index contributed by atoms with van der Waals surface area (Å²) in [7, 11) is 0. The van der Waals surface area contributed by atoms with Gasteiger partial charge in [0, 0.05) is 5.88 Å². The number of carbonyl (C=O) groups is 1. The Bertz CT molecular complexity index is 221. The summed E-state index contributed by atoms with van der Waals surface area (Å²) in [6, 6.07) is -0.243. The van der Waals surface area contributed by atoms with Crippen LogP contribution in [0.5, 0.6) is 0 Å². The number of hydrogen-bond donors (Lipinski definition) is 2. The van der Waals surface area contributed by atoms with Crippen molar-refractivity contribution in [3.8, 4) is 0 Å². The monoisotopic (exact) mass is 235 g/mol. The topological polar surface area (TPSA) is 49.3 Å². The minimum atomic E-state index is -0.597. The van der Waals surface area contributed by atoms with Crippen molar-refractivity contribution in [3.63, 3.8) is 0 Å². The highest BCUT2D eigenvalue weighted by Gasteiger charge is 2.32. The van der Waals surface area contributed by atoms with Crippen LogP contribution in [0, 0.1) is 10.8 Å². The zero-order valence-corrected chi connectivity index (χ0v) is 11.0. The SMILES string of the molecule is CC(C)(CCl)C(=O)NC(CO)C(C)(C)C. The average molecular weight is 236 g/mol. The number of aliphatic hydroxyl groups excluding tert-OH is 1. The Labute approximate surface area is 97.2 Å². The second-order valence-corrected chi connectivity index (χ2v) is 5.86. The molecule has 0 fully saturated rings. The first kappa shape index (κ1) is 14.7. The number of hydrogen-bond acceptors (Lipinski definition) is 2. The number of alkyl halides is 1. The summed E-state index contributed by atoms with van der Waals surface area (Å²) in [5.41, 5.74) is -0.757. The lowest BCUT2D eigenvalue weighted by molar-refractivity contribution is -0.130. The van der Waals surface area contributed by atoms with Crippen molar-refractivity contribution < 1.29 is 9.90 Å². The van der Waals surface area contributed by atoms with E-state index >= 15 is 0 Å². The zero-order valence-electron chi connectivity index (χ0n) is 10.2. The molecule has 0 aromatic rings. The Morgan fingerprint density at radius 3 is 2.07 bits per heavy atom. The minimum Gasteiger partial charge on any atom is -0.394 e. The van der Waals surface area contributed by atoms with Gasteiger partial charge in [-0.3, -0.25) is 4.79 Å². The van der Waals surface area contributed by atoms with Crippen molar-refractivity contribution in [1.82, 2.24) is 5.32 Å². The van der Waals surface area contributed by atoms with Gasteiger partial charge >= 0.3 is 0 Å². The van der Waals surface area contributed by atoms with E-state index in [2.05, 4.69) is 5.32 Å². The second-order valence-electron chi connectivity index (χ2n) is 5.59. The van der Waals surface area contributed by atoms with Gasteiger partial charge < -0.3 is 10.4 Å². The molecule has 0 aromatic carbocycles. The van der Waals surface area contributed by atoms with Crippen LogP contribution in [0.15, 0.2) is 0 Å². The van der Waals surface area contributed by atoms with E-state index in [0.29, 0.717) is 0 Å². The molecule has 1 atom stereocenters. The maximum atomic E-state index is 11.8. The smallest absolute Gasteiger partial charge is 0.227 e. The molecule has 0 aliphatic carbocycles. The number of rotatable bonds is 4. The zero-order chi connectivity index (χ0) is 12.3. The molecule has 0 aliphatic rings. The molecule has 0 heterocycles. The Kier molecular flexibility index (Phi) is 5.07. The molecule has 1 unspecified atom stereocenters. The van der Waals surface area contributed by atoms with Crippen LogP contribution in [0.4, 0.5) is 0 Å². The first-order valence-corrected chi connectivity index (χ1v) is 5.66. The third-order valence-electron chi connectivity index (χ3n) is 2.48. The van der Waals surface area contributed by atoms with Crippen molar-refractivity contribution >= 4 is 17.5 Å². The van der Waals surface area contributed by atoms with Crippen LogP contribution < -0.4 is 5.32 Å². The van der Waals surface area contributed by atoms with E-state index in [0.717, 1.165) is 0 Å². The van der Waals surface area contributed by atoms with E-state index in [1.165, 1.54) is 0 Å². The van der Waals surface area contributed by atoms with Gasteiger partial charge in [0.05, 0.1) is 18.1 Å². The Balaban J connectivity index is 4.52. The third kappa shape index (κ3) is 4.39. The van der Waals surface area contributed by atoms with E-state index in [9.17, 15) is 9.90 Å². The lowest BCUT2D eigenvalue weighted by atomic mass is 9.86. The van der Waals surface area contributed by atoms with Crippen molar-refractivity contribution in [2.75, 3.05) is 12.5 Å². The number of halogens is 1. The van der Waals surface area contributed by atoms with Crippen LogP contribution in [-0.4, -0.2) is 29.5 Å². The standard InChI is InChI=1S/C11H22ClNO2/c1-10(2,3)8(6-14)13-9(15)11(4,5)7-12/h8,14H,6-7H2,1-5H3,(H,13,15). The van der Waals surface area contributed by atoms with Crippen LogP contribution in [-0.2, 0) is 4.79 Å². The summed E-state index contributed by atoms with van der Waals surface area (Å²) >= 11 is 5.71. The van der Waals surface area contributed by atoms with Crippen molar-refractivity contribution in [2.24, 2.45) is 10.8 Å². The molecule has 3 nitrogen and oxygen atoms in total. The molecule has 4 heteroatoms. The minimum absolute atomic E-state index is 0.0619. The third-order valence-corrected chi connectivity index (χ3v) is 3.15. The molecular weight excluding hydrogens is 214 g/mol. The number of nitrogens with one attached hydrogen (secondary N) is 1. The quantitative estimate of drug-likeness (QED) is 0.730. The van der Waals surface area contributed by atoms with Gasteiger partial charge in [-0.25, -0.2) is 0 Å². The van der Waals surface area contributed by atoms with Gasteiger partial charge in [-0.15, -0.1) is 11.6 Å². The highest BCUT2D eigenvalue weighted by molar-refractivity contribution is 6.19. The van der Waals surface area contributed by atoms with E-state index in [1.807, 2.05) is 20.8 Å². The highest BCUT2D eigenvalue weighted by Crippen LogP contribution is 2.22. The molecule has 1 amide bonds. The van der Waals surface area contributed by atoms with Crippen LogP contribution in [0.3, 0.4) is 0 Å². The van der Waals surface area contributed by atoms with Crippen LogP contribution in [0.25, 0.3) is 0 Å². The Morgan fingerprint density at radius 1 is 1.33 bits per heavy atom. The Hall–Kier alpha value is -0.280. The van der Waals surface area contributed by atoms with Gasteiger partial charge in [0.1, 0.15) is 0 Å². The molecule has 0 aliphatic heterocycles. The lowest BCUT2D eigenvalue weighted by Gasteiger charge is -2.32. The van der Waals surface area contributed by atoms with E-state index in [-0.39, 0.29) is 29.9 Å².